The van der Waals surface area contributed by atoms with Crippen LogP contribution in [0.25, 0.3) is 0 Å². The minimum absolute atomic E-state index is 0.108. The van der Waals surface area contributed by atoms with E-state index in [1.165, 1.54) is 6.07 Å². The molecule has 0 radical (unpaired) electrons. The Labute approximate surface area is 109 Å². The van der Waals surface area contributed by atoms with Gasteiger partial charge in [-0.3, -0.25) is 4.21 Å². The fourth-order valence-corrected chi connectivity index (χ4v) is 4.66. The van der Waals surface area contributed by atoms with Crippen LogP contribution in [0.3, 0.4) is 0 Å². The van der Waals surface area contributed by atoms with E-state index < -0.39 is 20.8 Å². The van der Waals surface area contributed by atoms with Gasteiger partial charge in [-0.05, 0) is 25.0 Å². The van der Waals surface area contributed by atoms with Crippen LogP contribution in [0.2, 0.25) is 0 Å². The summed E-state index contributed by atoms with van der Waals surface area (Å²) in [7, 11) is -4.38. The predicted molar refractivity (Wildman–Crippen MR) is 72.1 cm³/mol. The molecule has 0 spiro atoms. The molecular formula is C11H16N2O3S2. The molecular weight excluding hydrogens is 272 g/mol. The van der Waals surface area contributed by atoms with Gasteiger partial charge in [0.15, 0.2) is 0 Å². The third-order valence-electron chi connectivity index (χ3n) is 2.92. The summed E-state index contributed by atoms with van der Waals surface area (Å²) in [6.45, 7) is 0. The molecule has 1 aliphatic rings. The molecule has 100 valence electrons. The van der Waals surface area contributed by atoms with Gasteiger partial charge >= 0.3 is 0 Å². The molecule has 1 fully saturated rings. The van der Waals surface area contributed by atoms with E-state index in [1.54, 1.807) is 18.2 Å². The van der Waals surface area contributed by atoms with Crippen LogP contribution in [0.4, 0.5) is 5.69 Å². The van der Waals surface area contributed by atoms with Crippen molar-refractivity contribution in [2.24, 2.45) is 0 Å². The maximum Gasteiger partial charge on any atom is 0.242 e. The van der Waals surface area contributed by atoms with E-state index in [0.29, 0.717) is 24.3 Å². The van der Waals surface area contributed by atoms with Crippen molar-refractivity contribution in [2.45, 2.75) is 23.8 Å². The summed E-state index contributed by atoms with van der Waals surface area (Å²) in [5, 5.41) is 0. The van der Waals surface area contributed by atoms with Crippen LogP contribution in [-0.4, -0.2) is 30.2 Å². The molecule has 1 aromatic carbocycles. The van der Waals surface area contributed by atoms with E-state index in [9.17, 15) is 12.6 Å². The summed E-state index contributed by atoms with van der Waals surface area (Å²) in [4.78, 5) is 0.108. The number of benzene rings is 1. The number of para-hydroxylation sites is 1. The molecule has 7 heteroatoms. The molecule has 1 heterocycles. The lowest BCUT2D eigenvalue weighted by atomic mass is 10.2. The van der Waals surface area contributed by atoms with Crippen molar-refractivity contribution in [2.75, 3.05) is 17.2 Å². The van der Waals surface area contributed by atoms with Gasteiger partial charge in [0.1, 0.15) is 4.90 Å². The first kappa shape index (κ1) is 13.5. The van der Waals surface area contributed by atoms with Crippen molar-refractivity contribution in [3.8, 4) is 0 Å². The molecule has 0 amide bonds. The summed E-state index contributed by atoms with van der Waals surface area (Å²) in [5.74, 6) is 1.11. The van der Waals surface area contributed by atoms with Crippen molar-refractivity contribution in [1.29, 1.82) is 0 Å². The van der Waals surface area contributed by atoms with E-state index in [-0.39, 0.29) is 16.6 Å². The molecule has 0 aliphatic carbocycles. The molecule has 1 aliphatic heterocycles. The van der Waals surface area contributed by atoms with E-state index >= 15 is 0 Å². The Bertz CT molecular complexity index is 547. The van der Waals surface area contributed by atoms with Crippen molar-refractivity contribution >= 4 is 26.5 Å². The van der Waals surface area contributed by atoms with E-state index in [4.69, 9.17) is 5.73 Å². The molecule has 0 saturated carbocycles. The number of nitrogens with one attached hydrogen (secondary N) is 1. The number of nitrogens with two attached hydrogens (primary N) is 1. The van der Waals surface area contributed by atoms with Crippen LogP contribution in [0, 0.1) is 0 Å². The van der Waals surface area contributed by atoms with Crippen molar-refractivity contribution < 1.29 is 12.6 Å². The Kier molecular flexibility index (Phi) is 4.04. The molecule has 0 atom stereocenters. The average molecular weight is 288 g/mol. The maximum absolute atomic E-state index is 12.1. The second kappa shape index (κ2) is 5.38. The molecule has 5 nitrogen and oxygen atoms in total. The fraction of sp³-hybridized carbons (Fsp3) is 0.455. The normalized spacial score (nSPS) is 24.9. The molecule has 2 rings (SSSR count). The Morgan fingerprint density at radius 2 is 1.83 bits per heavy atom. The molecule has 0 unspecified atom stereocenters. The number of hydrogen-bond donors (Lipinski definition) is 2. The Morgan fingerprint density at radius 1 is 1.22 bits per heavy atom. The quantitative estimate of drug-likeness (QED) is 0.791. The summed E-state index contributed by atoms with van der Waals surface area (Å²) >= 11 is 0. The van der Waals surface area contributed by atoms with Crippen molar-refractivity contribution in [1.82, 2.24) is 4.72 Å². The Balaban J connectivity index is 2.13. The largest absolute Gasteiger partial charge is 0.398 e. The van der Waals surface area contributed by atoms with Gasteiger partial charge in [-0.25, -0.2) is 13.1 Å². The minimum Gasteiger partial charge on any atom is -0.398 e. The van der Waals surface area contributed by atoms with Gasteiger partial charge in [0, 0.05) is 28.3 Å². The van der Waals surface area contributed by atoms with Crippen molar-refractivity contribution in [3.05, 3.63) is 24.3 Å². The third-order valence-corrected chi connectivity index (χ3v) is 5.89. The van der Waals surface area contributed by atoms with Crippen LogP contribution in [0.1, 0.15) is 12.8 Å². The smallest absolute Gasteiger partial charge is 0.242 e. The van der Waals surface area contributed by atoms with E-state index in [0.717, 1.165) is 0 Å². The Morgan fingerprint density at radius 3 is 2.44 bits per heavy atom. The zero-order valence-corrected chi connectivity index (χ0v) is 11.5. The maximum atomic E-state index is 12.1. The van der Waals surface area contributed by atoms with Crippen LogP contribution >= 0.6 is 0 Å². The second-order valence-corrected chi connectivity index (χ2v) is 7.66. The second-order valence-electron chi connectivity index (χ2n) is 4.28. The monoisotopic (exact) mass is 288 g/mol. The highest BCUT2D eigenvalue weighted by atomic mass is 32.2. The highest BCUT2D eigenvalue weighted by Crippen LogP contribution is 2.19. The van der Waals surface area contributed by atoms with E-state index in [1.807, 2.05) is 0 Å². The van der Waals surface area contributed by atoms with Crippen LogP contribution < -0.4 is 10.5 Å². The summed E-state index contributed by atoms with van der Waals surface area (Å²) < 4.78 is 38.1. The topological polar surface area (TPSA) is 89.3 Å². The van der Waals surface area contributed by atoms with Gasteiger partial charge in [0.2, 0.25) is 10.0 Å². The molecule has 18 heavy (non-hydrogen) atoms. The molecule has 3 N–H and O–H groups in total. The first-order valence-corrected chi connectivity index (χ1v) is 8.68. The fourth-order valence-electron chi connectivity index (χ4n) is 1.92. The Hall–Kier alpha value is -0.920. The van der Waals surface area contributed by atoms with Gasteiger partial charge in [0.25, 0.3) is 0 Å². The van der Waals surface area contributed by atoms with Gasteiger partial charge in [0.05, 0.1) is 5.69 Å². The lowest BCUT2D eigenvalue weighted by molar-refractivity contribution is 0.522. The number of hydrogen-bond acceptors (Lipinski definition) is 4. The molecule has 0 bridgehead atoms. The minimum atomic E-state index is -3.58. The summed E-state index contributed by atoms with van der Waals surface area (Å²) in [5.41, 5.74) is 5.91. The SMILES string of the molecule is Nc1ccccc1S(=O)(=O)NC1CCS(=O)CC1. The number of anilines is 1. The van der Waals surface area contributed by atoms with Gasteiger partial charge in [-0.15, -0.1) is 0 Å². The lowest BCUT2D eigenvalue weighted by Crippen LogP contribution is -2.39. The van der Waals surface area contributed by atoms with E-state index in [2.05, 4.69) is 4.72 Å². The first-order valence-electron chi connectivity index (χ1n) is 5.71. The number of rotatable bonds is 3. The zero-order chi connectivity index (χ0) is 13.2. The third kappa shape index (κ3) is 3.09. The van der Waals surface area contributed by atoms with Gasteiger partial charge in [-0.2, -0.15) is 0 Å². The molecule has 0 aromatic heterocycles. The van der Waals surface area contributed by atoms with Crippen LogP contribution in [0.5, 0.6) is 0 Å². The highest BCUT2D eigenvalue weighted by molar-refractivity contribution is 7.89. The summed E-state index contributed by atoms with van der Waals surface area (Å²) in [6, 6.07) is 6.23. The number of nitrogen functional groups attached to an aromatic ring is 1. The van der Waals surface area contributed by atoms with Gasteiger partial charge < -0.3 is 5.73 Å². The average Bonchev–Trinajstić information content (AvgIpc) is 2.32. The lowest BCUT2D eigenvalue weighted by Gasteiger charge is -2.22. The van der Waals surface area contributed by atoms with Crippen molar-refractivity contribution in [3.63, 3.8) is 0 Å². The number of sulfonamides is 1. The molecule has 1 saturated heterocycles. The molecule has 1 aromatic rings. The first-order chi connectivity index (χ1) is 8.49. The van der Waals surface area contributed by atoms with Gasteiger partial charge in [-0.1, -0.05) is 12.1 Å². The predicted octanol–water partition coefficient (Wildman–Crippen LogP) is 0.458. The standard InChI is InChI=1S/C11H16N2O3S2/c12-10-3-1-2-4-11(10)18(15,16)13-9-5-7-17(14)8-6-9/h1-4,9,13H,5-8,12H2. The zero-order valence-electron chi connectivity index (χ0n) is 9.83. The van der Waals surface area contributed by atoms with Crippen LogP contribution in [0.15, 0.2) is 29.2 Å². The summed E-state index contributed by atoms with van der Waals surface area (Å²) in [6.07, 6.45) is 1.22. The highest BCUT2D eigenvalue weighted by Gasteiger charge is 2.25. The van der Waals surface area contributed by atoms with Crippen LogP contribution in [-0.2, 0) is 20.8 Å².